The van der Waals surface area contributed by atoms with Crippen LogP contribution in [-0.2, 0) is 9.84 Å². The van der Waals surface area contributed by atoms with E-state index in [9.17, 15) is 13.2 Å². The van der Waals surface area contributed by atoms with E-state index in [0.717, 1.165) is 6.26 Å². The molecule has 1 rings (SSSR count). The highest BCUT2D eigenvalue weighted by Gasteiger charge is 2.07. The third-order valence-corrected chi connectivity index (χ3v) is 3.54. The van der Waals surface area contributed by atoms with Crippen molar-refractivity contribution in [3.63, 3.8) is 0 Å². The lowest BCUT2D eigenvalue weighted by Gasteiger charge is -2.11. The molecular formula is C11H16N4O3S2. The van der Waals surface area contributed by atoms with E-state index >= 15 is 0 Å². The molecule has 20 heavy (non-hydrogen) atoms. The maximum Gasteiger partial charge on any atom is 0.337 e. The molecule has 110 valence electrons. The van der Waals surface area contributed by atoms with Gasteiger partial charge in [0.1, 0.15) is 0 Å². The summed E-state index contributed by atoms with van der Waals surface area (Å²) < 4.78 is 22.5. The third-order valence-electron chi connectivity index (χ3n) is 2.17. The van der Waals surface area contributed by atoms with Crippen LogP contribution in [0.4, 0.5) is 10.5 Å². The summed E-state index contributed by atoms with van der Waals surface area (Å²) in [6.45, 7) is 2.51. The molecule has 0 saturated heterocycles. The number of hydrogen-bond donors (Lipinski definition) is 4. The van der Waals surface area contributed by atoms with Crippen LogP contribution in [0.1, 0.15) is 6.92 Å². The van der Waals surface area contributed by atoms with Gasteiger partial charge in [0.25, 0.3) is 0 Å². The average molecular weight is 316 g/mol. The second-order valence-electron chi connectivity index (χ2n) is 3.86. The van der Waals surface area contributed by atoms with Gasteiger partial charge >= 0.3 is 6.03 Å². The van der Waals surface area contributed by atoms with E-state index in [0.29, 0.717) is 17.3 Å². The minimum atomic E-state index is -3.24. The van der Waals surface area contributed by atoms with Crippen molar-refractivity contribution in [2.75, 3.05) is 18.1 Å². The molecule has 1 aromatic carbocycles. The lowest BCUT2D eigenvalue weighted by atomic mass is 10.3. The van der Waals surface area contributed by atoms with Crippen LogP contribution < -0.4 is 21.5 Å². The summed E-state index contributed by atoms with van der Waals surface area (Å²) in [5.41, 5.74) is 5.30. The predicted octanol–water partition coefficient (Wildman–Crippen LogP) is 0.611. The van der Waals surface area contributed by atoms with E-state index in [1.165, 1.54) is 24.3 Å². The van der Waals surface area contributed by atoms with Crippen molar-refractivity contribution < 1.29 is 13.2 Å². The Kier molecular flexibility index (Phi) is 5.71. The van der Waals surface area contributed by atoms with Crippen LogP contribution in [0.3, 0.4) is 0 Å². The van der Waals surface area contributed by atoms with Crippen LogP contribution in [0, 0.1) is 0 Å². The quantitative estimate of drug-likeness (QED) is 0.482. The van der Waals surface area contributed by atoms with Gasteiger partial charge in [0.15, 0.2) is 14.9 Å². The minimum Gasteiger partial charge on any atom is -0.362 e. The van der Waals surface area contributed by atoms with Gasteiger partial charge in [0.05, 0.1) is 4.90 Å². The number of amides is 2. The van der Waals surface area contributed by atoms with Crippen LogP contribution in [0.25, 0.3) is 0 Å². The lowest BCUT2D eigenvalue weighted by molar-refractivity contribution is 0.250. The van der Waals surface area contributed by atoms with E-state index in [-0.39, 0.29) is 4.90 Å². The summed E-state index contributed by atoms with van der Waals surface area (Å²) in [6.07, 6.45) is 1.12. The molecule has 0 bridgehead atoms. The fourth-order valence-electron chi connectivity index (χ4n) is 1.27. The molecular weight excluding hydrogens is 300 g/mol. The van der Waals surface area contributed by atoms with Crippen LogP contribution >= 0.6 is 12.2 Å². The summed E-state index contributed by atoms with van der Waals surface area (Å²) in [7, 11) is -3.24. The highest BCUT2D eigenvalue weighted by Crippen LogP contribution is 2.13. The van der Waals surface area contributed by atoms with Crippen molar-refractivity contribution in [2.24, 2.45) is 0 Å². The van der Waals surface area contributed by atoms with Crippen LogP contribution in [-0.4, -0.2) is 32.4 Å². The van der Waals surface area contributed by atoms with Crippen molar-refractivity contribution in [1.82, 2.24) is 16.2 Å². The average Bonchev–Trinajstić information content (AvgIpc) is 2.36. The van der Waals surface area contributed by atoms with Gasteiger partial charge < -0.3 is 10.6 Å². The van der Waals surface area contributed by atoms with E-state index in [1.54, 1.807) is 0 Å². The van der Waals surface area contributed by atoms with Gasteiger partial charge in [0, 0.05) is 18.5 Å². The van der Waals surface area contributed by atoms with Crippen molar-refractivity contribution in [3.05, 3.63) is 24.3 Å². The molecule has 0 aliphatic carbocycles. The molecule has 0 spiro atoms. The van der Waals surface area contributed by atoms with Gasteiger partial charge in [0.2, 0.25) is 0 Å². The van der Waals surface area contributed by atoms with E-state index in [1.807, 2.05) is 6.92 Å². The summed E-state index contributed by atoms with van der Waals surface area (Å²) in [5.74, 6) is 0. The standard InChI is InChI=1S/C11H16N4O3S2/c1-3-12-11(19)15-14-10(16)13-8-4-6-9(7-5-8)20(2,17)18/h4-7H,3H2,1-2H3,(H2,12,15,19)(H2,13,14,16). The SMILES string of the molecule is CCNC(=S)NNC(=O)Nc1ccc(S(C)(=O)=O)cc1. The summed E-state index contributed by atoms with van der Waals surface area (Å²) in [4.78, 5) is 11.7. The Balaban J connectivity index is 2.53. The molecule has 0 radical (unpaired) electrons. The number of urea groups is 1. The van der Waals surface area contributed by atoms with Crippen molar-refractivity contribution in [2.45, 2.75) is 11.8 Å². The number of hydrazine groups is 1. The molecule has 0 atom stereocenters. The number of thiocarbonyl (C=S) groups is 1. The fraction of sp³-hybridized carbons (Fsp3) is 0.273. The first-order valence-electron chi connectivity index (χ1n) is 5.74. The zero-order valence-electron chi connectivity index (χ0n) is 11.1. The van der Waals surface area contributed by atoms with Crippen LogP contribution in [0.2, 0.25) is 0 Å². The molecule has 1 aromatic rings. The van der Waals surface area contributed by atoms with Gasteiger partial charge in [-0.15, -0.1) is 0 Å². The Hall–Kier alpha value is -1.87. The highest BCUT2D eigenvalue weighted by molar-refractivity contribution is 7.90. The van der Waals surface area contributed by atoms with Crippen LogP contribution in [0.5, 0.6) is 0 Å². The molecule has 0 aliphatic heterocycles. The Morgan fingerprint density at radius 3 is 2.30 bits per heavy atom. The number of anilines is 1. The maximum atomic E-state index is 11.5. The molecule has 0 heterocycles. The molecule has 4 N–H and O–H groups in total. The van der Waals surface area contributed by atoms with Crippen molar-refractivity contribution >= 4 is 38.9 Å². The first-order chi connectivity index (χ1) is 9.32. The zero-order chi connectivity index (χ0) is 15.2. The minimum absolute atomic E-state index is 0.190. The Labute approximate surface area is 123 Å². The topological polar surface area (TPSA) is 99.3 Å². The normalized spacial score (nSPS) is 10.5. The predicted molar refractivity (Wildman–Crippen MR) is 81.1 cm³/mol. The molecule has 0 unspecified atom stereocenters. The highest BCUT2D eigenvalue weighted by atomic mass is 32.2. The lowest BCUT2D eigenvalue weighted by Crippen LogP contribution is -2.48. The molecule has 7 nitrogen and oxygen atoms in total. The van der Waals surface area contributed by atoms with E-state index in [2.05, 4.69) is 21.5 Å². The van der Waals surface area contributed by atoms with E-state index < -0.39 is 15.9 Å². The number of carbonyl (C=O) groups excluding carboxylic acids is 1. The number of nitrogens with one attached hydrogen (secondary N) is 4. The second-order valence-corrected chi connectivity index (χ2v) is 6.28. The fourth-order valence-corrected chi connectivity index (χ4v) is 2.09. The molecule has 0 fully saturated rings. The Bertz CT molecular complexity index is 584. The van der Waals surface area contributed by atoms with Gasteiger partial charge in [-0.2, -0.15) is 0 Å². The summed E-state index contributed by atoms with van der Waals surface area (Å²) >= 11 is 4.86. The monoisotopic (exact) mass is 316 g/mol. The number of hydrogen-bond acceptors (Lipinski definition) is 4. The van der Waals surface area contributed by atoms with Gasteiger partial charge in [-0.25, -0.2) is 18.6 Å². The smallest absolute Gasteiger partial charge is 0.337 e. The molecule has 2 amide bonds. The van der Waals surface area contributed by atoms with E-state index in [4.69, 9.17) is 12.2 Å². The zero-order valence-corrected chi connectivity index (χ0v) is 12.7. The number of benzene rings is 1. The van der Waals surface area contributed by atoms with Gasteiger partial charge in [-0.1, -0.05) is 0 Å². The molecule has 9 heteroatoms. The third kappa shape index (κ3) is 5.41. The number of rotatable bonds is 3. The Morgan fingerprint density at radius 2 is 1.80 bits per heavy atom. The first-order valence-corrected chi connectivity index (χ1v) is 8.04. The summed E-state index contributed by atoms with van der Waals surface area (Å²) in [6, 6.07) is 5.32. The first kappa shape index (κ1) is 16.2. The molecule has 0 saturated carbocycles. The van der Waals surface area contributed by atoms with Crippen LogP contribution in [0.15, 0.2) is 29.2 Å². The van der Waals surface area contributed by atoms with Gasteiger partial charge in [-0.3, -0.25) is 5.43 Å². The summed E-state index contributed by atoms with van der Waals surface area (Å²) in [5, 5.41) is 5.62. The largest absolute Gasteiger partial charge is 0.362 e. The van der Waals surface area contributed by atoms with Crippen molar-refractivity contribution in [3.8, 4) is 0 Å². The number of carbonyl (C=O) groups is 1. The molecule has 0 aromatic heterocycles. The molecule has 0 aliphatic rings. The van der Waals surface area contributed by atoms with Gasteiger partial charge in [-0.05, 0) is 43.4 Å². The second kappa shape index (κ2) is 7.06. The Morgan fingerprint density at radius 1 is 1.20 bits per heavy atom. The van der Waals surface area contributed by atoms with Crippen molar-refractivity contribution in [1.29, 1.82) is 0 Å². The maximum absolute atomic E-state index is 11.5. The number of sulfone groups is 1.